The Morgan fingerprint density at radius 2 is 1.58 bits per heavy atom. The van der Waals surface area contributed by atoms with Crippen LogP contribution in [-0.4, -0.2) is 36.7 Å². The average molecular weight is 619 g/mol. The predicted molar refractivity (Wildman–Crippen MR) is 177 cm³/mol. The maximum atomic E-state index is 13.9. The van der Waals surface area contributed by atoms with Crippen LogP contribution in [0.3, 0.4) is 0 Å². The van der Waals surface area contributed by atoms with Gasteiger partial charge in [-0.25, -0.2) is 0 Å². The standard InChI is InChI=1S/C39H58N2O4/c1-26-29(42)23-31-36(6)24-27(25-40)33(44)35(4,5)30(36)9-13-38(31,8)37(26,7)17-20-39(18-15-34(2,3)16-19-39)14-10-32(43)45-28-11-21-41-22-12-28/h23-24,26,28,30,41H,9-22H2,1-8H3/t26?,30-,36-,37+,38+/m0/s1. The van der Waals surface area contributed by atoms with E-state index in [-0.39, 0.29) is 57.3 Å². The molecule has 0 bridgehead atoms. The molecule has 0 aromatic heterocycles. The van der Waals surface area contributed by atoms with Gasteiger partial charge in [0.15, 0.2) is 11.6 Å². The number of nitrogens with zero attached hydrogens (tertiary/aromatic N) is 1. The Kier molecular flexibility index (Phi) is 8.91. The molecule has 45 heavy (non-hydrogen) atoms. The fourth-order valence-corrected chi connectivity index (χ4v) is 10.5. The summed E-state index contributed by atoms with van der Waals surface area (Å²) in [5.41, 5.74) is -0.0150. The molecular weight excluding hydrogens is 560 g/mol. The number of carbonyl (C=O) groups is 3. The number of allylic oxidation sites excluding steroid dienone is 4. The van der Waals surface area contributed by atoms with Crippen LogP contribution in [0, 0.1) is 55.7 Å². The monoisotopic (exact) mass is 618 g/mol. The fraction of sp³-hybridized carbons (Fsp3) is 0.795. The lowest BCUT2D eigenvalue weighted by Gasteiger charge is -2.64. The number of ether oxygens (including phenoxy) is 1. The number of Topliss-reactive ketones (excluding diaryl/α,β-unsaturated/α-hetero) is 1. The molecule has 3 fully saturated rings. The molecule has 0 aromatic carbocycles. The molecular formula is C39H58N2O4. The first-order chi connectivity index (χ1) is 20.9. The number of ketones is 2. The van der Waals surface area contributed by atoms with Gasteiger partial charge in [-0.15, -0.1) is 0 Å². The second kappa shape index (κ2) is 11.8. The maximum absolute atomic E-state index is 13.9. The quantitative estimate of drug-likeness (QED) is 0.290. The first kappa shape index (κ1) is 34.1. The zero-order valence-corrected chi connectivity index (χ0v) is 29.4. The van der Waals surface area contributed by atoms with Crippen molar-refractivity contribution in [2.24, 2.45) is 44.3 Å². The summed E-state index contributed by atoms with van der Waals surface area (Å²) in [6.45, 7) is 19.5. The molecule has 0 radical (unpaired) electrons. The molecule has 1 unspecified atom stereocenters. The number of nitriles is 1. The third kappa shape index (κ3) is 5.79. The number of nitrogens with one attached hydrogen (secondary N) is 1. The molecule has 1 N–H and O–H groups in total. The predicted octanol–water partition coefficient (Wildman–Crippen LogP) is 8.06. The Labute approximate surface area is 272 Å². The SMILES string of the molecule is CC1C(=O)C=C2[C@@]3(C)C=C(C#N)C(=O)C(C)(C)[C@@H]3CC[C@@]2(C)[C@]1(C)CCC1(CCC(=O)OC2CCNCC2)CCC(C)(C)CC1. The van der Waals surface area contributed by atoms with Gasteiger partial charge in [-0.1, -0.05) is 67.0 Å². The first-order valence-electron chi connectivity index (χ1n) is 17.8. The van der Waals surface area contributed by atoms with Crippen LogP contribution in [-0.2, 0) is 19.1 Å². The number of rotatable bonds is 7. The third-order valence-corrected chi connectivity index (χ3v) is 14.3. The van der Waals surface area contributed by atoms with Crippen molar-refractivity contribution in [3.8, 4) is 6.07 Å². The Morgan fingerprint density at radius 1 is 0.933 bits per heavy atom. The molecule has 0 spiro atoms. The highest BCUT2D eigenvalue weighted by molar-refractivity contribution is 6.04. The van der Waals surface area contributed by atoms with Crippen LogP contribution < -0.4 is 5.32 Å². The molecule has 1 heterocycles. The van der Waals surface area contributed by atoms with Gasteiger partial charge in [0, 0.05) is 23.2 Å². The summed E-state index contributed by atoms with van der Waals surface area (Å²) >= 11 is 0. The van der Waals surface area contributed by atoms with Crippen molar-refractivity contribution >= 4 is 17.5 Å². The van der Waals surface area contributed by atoms with E-state index in [0.29, 0.717) is 11.8 Å². The van der Waals surface area contributed by atoms with Crippen molar-refractivity contribution < 1.29 is 19.1 Å². The second-order valence-corrected chi connectivity index (χ2v) is 17.6. The Balaban J connectivity index is 1.43. The first-order valence-corrected chi connectivity index (χ1v) is 17.8. The Morgan fingerprint density at radius 3 is 2.20 bits per heavy atom. The van der Waals surface area contributed by atoms with Gasteiger partial charge in [0.25, 0.3) is 0 Å². The third-order valence-electron chi connectivity index (χ3n) is 14.3. The minimum absolute atomic E-state index is 0.0327. The molecule has 5 atom stereocenters. The summed E-state index contributed by atoms with van der Waals surface area (Å²) in [6, 6.07) is 2.20. The van der Waals surface area contributed by atoms with Crippen LogP contribution >= 0.6 is 0 Å². The molecule has 0 aromatic rings. The normalized spacial score (nSPS) is 37.4. The van der Waals surface area contributed by atoms with E-state index >= 15 is 0 Å². The number of hydrogen-bond acceptors (Lipinski definition) is 6. The van der Waals surface area contributed by atoms with Gasteiger partial charge in [0.2, 0.25) is 0 Å². The van der Waals surface area contributed by atoms with Crippen molar-refractivity contribution in [2.45, 2.75) is 139 Å². The summed E-state index contributed by atoms with van der Waals surface area (Å²) < 4.78 is 5.92. The smallest absolute Gasteiger partial charge is 0.306 e. The molecule has 1 aliphatic heterocycles. The summed E-state index contributed by atoms with van der Waals surface area (Å²) in [6.07, 6.45) is 15.1. The number of piperidine rings is 1. The van der Waals surface area contributed by atoms with E-state index in [4.69, 9.17) is 4.74 Å². The van der Waals surface area contributed by atoms with Crippen molar-refractivity contribution in [1.82, 2.24) is 5.32 Å². The van der Waals surface area contributed by atoms with Crippen molar-refractivity contribution in [3.63, 3.8) is 0 Å². The highest BCUT2D eigenvalue weighted by atomic mass is 16.5. The number of carbonyl (C=O) groups excluding carboxylic acids is 3. The fourth-order valence-electron chi connectivity index (χ4n) is 10.5. The highest BCUT2D eigenvalue weighted by Gasteiger charge is 2.65. The summed E-state index contributed by atoms with van der Waals surface area (Å²) in [7, 11) is 0. The molecule has 6 heteroatoms. The van der Waals surface area contributed by atoms with Gasteiger partial charge in [0.05, 0.1) is 5.57 Å². The molecule has 5 aliphatic rings. The highest BCUT2D eigenvalue weighted by Crippen LogP contribution is 2.70. The zero-order valence-electron chi connectivity index (χ0n) is 29.4. The number of fused-ring (bicyclic) bond motifs is 3. The summed E-state index contributed by atoms with van der Waals surface area (Å²) in [5.74, 6) is -0.0617. The van der Waals surface area contributed by atoms with Crippen LogP contribution in [0.5, 0.6) is 0 Å². The van der Waals surface area contributed by atoms with E-state index in [1.54, 1.807) is 0 Å². The lowest BCUT2D eigenvalue weighted by molar-refractivity contribution is -0.151. The average Bonchev–Trinajstić information content (AvgIpc) is 2.99. The van der Waals surface area contributed by atoms with Crippen LogP contribution in [0.25, 0.3) is 0 Å². The van der Waals surface area contributed by atoms with Gasteiger partial charge in [-0.3, -0.25) is 14.4 Å². The molecule has 0 amide bonds. The van der Waals surface area contributed by atoms with E-state index in [2.05, 4.69) is 52.9 Å². The lowest BCUT2D eigenvalue weighted by atomic mass is 9.38. The molecule has 5 rings (SSSR count). The number of hydrogen-bond donors (Lipinski definition) is 1. The molecule has 248 valence electrons. The van der Waals surface area contributed by atoms with E-state index in [1.165, 1.54) is 0 Å². The van der Waals surface area contributed by atoms with Crippen molar-refractivity contribution in [1.29, 1.82) is 5.26 Å². The van der Waals surface area contributed by atoms with Crippen LogP contribution in [0.4, 0.5) is 0 Å². The van der Waals surface area contributed by atoms with Crippen LogP contribution in [0.1, 0.15) is 132 Å². The summed E-state index contributed by atoms with van der Waals surface area (Å²) in [4.78, 5) is 40.3. The van der Waals surface area contributed by atoms with E-state index in [0.717, 1.165) is 89.3 Å². The van der Waals surface area contributed by atoms with Gasteiger partial charge >= 0.3 is 5.97 Å². The largest absolute Gasteiger partial charge is 0.462 e. The van der Waals surface area contributed by atoms with Gasteiger partial charge in [0.1, 0.15) is 12.2 Å². The molecule has 4 aliphatic carbocycles. The number of esters is 1. The minimum atomic E-state index is -0.666. The summed E-state index contributed by atoms with van der Waals surface area (Å²) in [5, 5.41) is 13.3. The second-order valence-electron chi connectivity index (χ2n) is 17.6. The van der Waals surface area contributed by atoms with Crippen LogP contribution in [0.2, 0.25) is 0 Å². The van der Waals surface area contributed by atoms with Gasteiger partial charge in [-0.05, 0) is 117 Å². The Bertz CT molecular complexity index is 1320. The van der Waals surface area contributed by atoms with E-state index in [1.807, 2.05) is 26.0 Å². The van der Waals surface area contributed by atoms with Crippen molar-refractivity contribution in [2.75, 3.05) is 13.1 Å². The molecule has 1 saturated heterocycles. The molecule has 2 saturated carbocycles. The van der Waals surface area contributed by atoms with E-state index in [9.17, 15) is 19.6 Å². The van der Waals surface area contributed by atoms with Gasteiger partial charge in [-0.2, -0.15) is 5.26 Å². The zero-order chi connectivity index (χ0) is 33.1. The molecule has 6 nitrogen and oxygen atoms in total. The van der Waals surface area contributed by atoms with Gasteiger partial charge < -0.3 is 10.1 Å². The van der Waals surface area contributed by atoms with E-state index < -0.39 is 10.8 Å². The minimum Gasteiger partial charge on any atom is -0.462 e. The lowest BCUT2D eigenvalue weighted by Crippen LogP contribution is -2.59. The topological polar surface area (TPSA) is 96.3 Å². The van der Waals surface area contributed by atoms with Crippen molar-refractivity contribution in [3.05, 3.63) is 23.3 Å². The maximum Gasteiger partial charge on any atom is 0.306 e. The van der Waals surface area contributed by atoms with Crippen LogP contribution in [0.15, 0.2) is 23.3 Å². The Hall–Kier alpha value is -2.26.